The van der Waals surface area contributed by atoms with Crippen molar-refractivity contribution >= 4 is 11.9 Å². The number of fused-ring (bicyclic) bond motifs is 2. The molecular weight excluding hydrogens is 364 g/mol. The molecular formula is C25H28O4. The van der Waals surface area contributed by atoms with Crippen LogP contribution in [-0.4, -0.2) is 22.1 Å². The van der Waals surface area contributed by atoms with Crippen molar-refractivity contribution in [1.82, 2.24) is 0 Å². The predicted octanol–water partition coefficient (Wildman–Crippen LogP) is 5.50. The van der Waals surface area contributed by atoms with Crippen LogP contribution in [0.1, 0.15) is 67.6 Å². The summed E-state index contributed by atoms with van der Waals surface area (Å²) in [5.74, 6) is 1.40. The van der Waals surface area contributed by atoms with Crippen molar-refractivity contribution in [2.24, 2.45) is 0 Å². The molecule has 0 fully saturated rings. The van der Waals surface area contributed by atoms with Gasteiger partial charge in [0.2, 0.25) is 0 Å². The Labute approximate surface area is 172 Å². The average Bonchev–Trinajstić information content (AvgIpc) is 2.65. The molecule has 2 aliphatic rings. The fraction of sp³-hybridized carbons (Fsp3) is 0.400. The van der Waals surface area contributed by atoms with Crippen molar-refractivity contribution in [3.63, 3.8) is 0 Å². The van der Waals surface area contributed by atoms with Crippen LogP contribution in [0.5, 0.6) is 17.2 Å². The van der Waals surface area contributed by atoms with Crippen LogP contribution in [0.25, 0.3) is 6.08 Å². The maximum Gasteiger partial charge on any atom is 0.189 e. The molecule has 2 aliphatic heterocycles. The van der Waals surface area contributed by atoms with Gasteiger partial charge in [0.1, 0.15) is 28.5 Å². The Kier molecular flexibility index (Phi) is 4.68. The second-order valence-electron chi connectivity index (χ2n) is 9.23. The molecule has 0 radical (unpaired) electrons. The Morgan fingerprint density at radius 3 is 2.38 bits per heavy atom. The number of ketones is 1. The van der Waals surface area contributed by atoms with Crippen LogP contribution in [0.4, 0.5) is 0 Å². The van der Waals surface area contributed by atoms with Crippen molar-refractivity contribution in [1.29, 1.82) is 0 Å². The van der Waals surface area contributed by atoms with E-state index in [1.807, 2.05) is 26.0 Å². The summed E-state index contributed by atoms with van der Waals surface area (Å²) in [6.45, 7) is 8.25. The standard InChI is InChI=1S/C25H28O4/c1-24(2)13-11-17-15-16(6-9-21(17)28-24)5-8-20(26)18-7-10-22-19(23(18)27)12-14-25(3,4)29-22/h5-10,15,27H,11-14H2,1-4H3/b8-5+. The van der Waals surface area contributed by atoms with Gasteiger partial charge in [-0.3, -0.25) is 4.79 Å². The zero-order chi connectivity index (χ0) is 20.8. The summed E-state index contributed by atoms with van der Waals surface area (Å²) in [6.07, 6.45) is 6.73. The molecule has 152 valence electrons. The molecule has 4 rings (SSSR count). The van der Waals surface area contributed by atoms with Gasteiger partial charge in [0, 0.05) is 5.56 Å². The van der Waals surface area contributed by atoms with Gasteiger partial charge in [-0.1, -0.05) is 12.1 Å². The van der Waals surface area contributed by atoms with E-state index in [9.17, 15) is 9.90 Å². The summed E-state index contributed by atoms with van der Waals surface area (Å²) in [4.78, 5) is 12.7. The Bertz CT molecular complexity index is 998. The molecule has 2 aromatic carbocycles. The number of phenols is 1. The van der Waals surface area contributed by atoms with Gasteiger partial charge in [-0.05, 0) is 94.8 Å². The molecule has 0 amide bonds. The predicted molar refractivity (Wildman–Crippen MR) is 114 cm³/mol. The van der Waals surface area contributed by atoms with Gasteiger partial charge in [-0.15, -0.1) is 0 Å². The third-order valence-electron chi connectivity index (χ3n) is 5.76. The minimum Gasteiger partial charge on any atom is -0.507 e. The molecule has 2 heterocycles. The second kappa shape index (κ2) is 6.94. The fourth-order valence-electron chi connectivity index (χ4n) is 3.97. The smallest absolute Gasteiger partial charge is 0.189 e. The molecule has 0 atom stereocenters. The van der Waals surface area contributed by atoms with E-state index in [-0.39, 0.29) is 22.7 Å². The van der Waals surface area contributed by atoms with E-state index < -0.39 is 0 Å². The van der Waals surface area contributed by atoms with Crippen LogP contribution in [-0.2, 0) is 12.8 Å². The summed E-state index contributed by atoms with van der Waals surface area (Å²) >= 11 is 0. The van der Waals surface area contributed by atoms with Gasteiger partial charge >= 0.3 is 0 Å². The van der Waals surface area contributed by atoms with Crippen LogP contribution < -0.4 is 9.47 Å². The van der Waals surface area contributed by atoms with Gasteiger partial charge in [-0.2, -0.15) is 0 Å². The van der Waals surface area contributed by atoms with E-state index in [1.54, 1.807) is 18.2 Å². The van der Waals surface area contributed by atoms with E-state index in [2.05, 4.69) is 19.9 Å². The summed E-state index contributed by atoms with van der Waals surface area (Å²) in [5, 5.41) is 10.6. The minimum absolute atomic E-state index is 0.0359. The first kappa shape index (κ1) is 19.6. The Hall–Kier alpha value is -2.75. The molecule has 2 aromatic rings. The number of carbonyl (C=O) groups is 1. The number of hydrogen-bond donors (Lipinski definition) is 1. The first-order chi connectivity index (χ1) is 13.6. The number of aryl methyl sites for hydroxylation is 1. The molecule has 0 saturated carbocycles. The number of ether oxygens (including phenoxy) is 2. The highest BCUT2D eigenvalue weighted by Crippen LogP contribution is 2.40. The summed E-state index contributed by atoms with van der Waals surface area (Å²) in [5.41, 5.74) is 2.75. The number of hydrogen-bond acceptors (Lipinski definition) is 4. The second-order valence-corrected chi connectivity index (χ2v) is 9.23. The normalized spacial score (nSPS) is 19.0. The Balaban J connectivity index is 1.54. The van der Waals surface area contributed by atoms with E-state index in [4.69, 9.17) is 9.47 Å². The van der Waals surface area contributed by atoms with E-state index >= 15 is 0 Å². The third-order valence-corrected chi connectivity index (χ3v) is 5.76. The number of rotatable bonds is 3. The first-order valence-electron chi connectivity index (χ1n) is 10.2. The maximum absolute atomic E-state index is 12.7. The quantitative estimate of drug-likeness (QED) is 0.554. The van der Waals surface area contributed by atoms with Crippen molar-refractivity contribution in [3.05, 3.63) is 58.7 Å². The maximum atomic E-state index is 12.7. The van der Waals surface area contributed by atoms with E-state index in [0.717, 1.165) is 41.7 Å². The molecule has 0 bridgehead atoms. The van der Waals surface area contributed by atoms with Gasteiger partial charge in [-0.25, -0.2) is 0 Å². The number of carbonyl (C=O) groups excluding carboxylic acids is 1. The zero-order valence-electron chi connectivity index (χ0n) is 17.5. The number of allylic oxidation sites excluding steroid dienone is 1. The van der Waals surface area contributed by atoms with Crippen LogP contribution >= 0.6 is 0 Å². The highest BCUT2D eigenvalue weighted by molar-refractivity contribution is 6.09. The highest BCUT2D eigenvalue weighted by Gasteiger charge is 2.30. The van der Waals surface area contributed by atoms with Crippen LogP contribution in [0.15, 0.2) is 36.4 Å². The number of aromatic hydroxyl groups is 1. The lowest BCUT2D eigenvalue weighted by Gasteiger charge is -2.33. The average molecular weight is 392 g/mol. The van der Waals surface area contributed by atoms with Gasteiger partial charge in [0.25, 0.3) is 0 Å². The molecule has 0 aromatic heterocycles. The Morgan fingerprint density at radius 1 is 0.966 bits per heavy atom. The SMILES string of the molecule is CC1(C)CCc2cc(/C=C/C(=O)c3ccc4c(c3O)CCC(C)(C)O4)ccc2O1. The molecule has 0 saturated heterocycles. The van der Waals surface area contributed by atoms with Crippen molar-refractivity contribution in [2.75, 3.05) is 0 Å². The van der Waals surface area contributed by atoms with Gasteiger partial charge in [0.05, 0.1) is 5.56 Å². The molecule has 1 N–H and O–H groups in total. The van der Waals surface area contributed by atoms with Crippen LogP contribution in [0.2, 0.25) is 0 Å². The van der Waals surface area contributed by atoms with E-state index in [0.29, 0.717) is 17.7 Å². The first-order valence-corrected chi connectivity index (χ1v) is 10.2. The molecule has 0 unspecified atom stereocenters. The lowest BCUT2D eigenvalue weighted by molar-refractivity contribution is 0.0834. The summed E-state index contributed by atoms with van der Waals surface area (Å²) < 4.78 is 11.9. The fourth-order valence-corrected chi connectivity index (χ4v) is 3.97. The summed E-state index contributed by atoms with van der Waals surface area (Å²) in [7, 11) is 0. The minimum atomic E-state index is -0.254. The number of benzene rings is 2. The lowest BCUT2D eigenvalue weighted by Crippen LogP contribution is -2.32. The van der Waals surface area contributed by atoms with Crippen molar-refractivity contribution in [2.45, 2.75) is 64.6 Å². The van der Waals surface area contributed by atoms with Crippen LogP contribution in [0, 0.1) is 0 Å². The third kappa shape index (κ3) is 4.02. The molecule has 4 heteroatoms. The number of phenolic OH excluding ortho intramolecular Hbond substituents is 1. The van der Waals surface area contributed by atoms with Crippen molar-refractivity contribution in [3.8, 4) is 17.2 Å². The van der Waals surface area contributed by atoms with Crippen molar-refractivity contribution < 1.29 is 19.4 Å². The molecule has 0 spiro atoms. The Morgan fingerprint density at radius 2 is 1.62 bits per heavy atom. The van der Waals surface area contributed by atoms with E-state index in [1.165, 1.54) is 6.08 Å². The largest absolute Gasteiger partial charge is 0.507 e. The molecule has 4 nitrogen and oxygen atoms in total. The lowest BCUT2D eigenvalue weighted by atomic mass is 9.91. The van der Waals surface area contributed by atoms with Crippen LogP contribution in [0.3, 0.4) is 0 Å². The molecule has 0 aliphatic carbocycles. The van der Waals surface area contributed by atoms with Gasteiger partial charge < -0.3 is 14.6 Å². The monoisotopic (exact) mass is 392 g/mol. The molecule has 29 heavy (non-hydrogen) atoms. The highest BCUT2D eigenvalue weighted by atomic mass is 16.5. The van der Waals surface area contributed by atoms with Gasteiger partial charge in [0.15, 0.2) is 5.78 Å². The topological polar surface area (TPSA) is 55.8 Å². The summed E-state index contributed by atoms with van der Waals surface area (Å²) in [6, 6.07) is 9.42. The zero-order valence-corrected chi connectivity index (χ0v) is 17.5.